The molecule has 0 fully saturated rings. The molecule has 0 aliphatic rings. The molecule has 0 heterocycles. The smallest absolute Gasteiger partial charge is 0.337 e. The minimum Gasteiger partial charge on any atom is -0.465 e. The van der Waals surface area contributed by atoms with Gasteiger partial charge in [0.05, 0.1) is 17.6 Å². The number of alkyl halides is 1. The molecule has 4 nitrogen and oxygen atoms in total. The molecule has 0 bridgehead atoms. The topological polar surface area (TPSA) is 60.4 Å². The van der Waals surface area contributed by atoms with Gasteiger partial charge in [-0.05, 0) is 23.8 Å². The van der Waals surface area contributed by atoms with E-state index in [0.29, 0.717) is 16.5 Å². The number of methoxy groups -OCH3 is 1. The lowest BCUT2D eigenvalue weighted by Crippen LogP contribution is -2.06. The summed E-state index contributed by atoms with van der Waals surface area (Å²) in [4.78, 5) is 11.5. The predicted molar refractivity (Wildman–Crippen MR) is 63.5 cm³/mol. The third kappa shape index (κ3) is 2.82. The molecular weight excluding hydrogens is 296 g/mol. The minimum atomic E-state index is -3.28. The van der Waals surface area contributed by atoms with Crippen molar-refractivity contribution >= 4 is 31.7 Å². The van der Waals surface area contributed by atoms with Crippen molar-refractivity contribution in [2.75, 3.05) is 13.4 Å². The van der Waals surface area contributed by atoms with E-state index in [4.69, 9.17) is 0 Å². The van der Waals surface area contributed by atoms with Crippen LogP contribution in [0.4, 0.5) is 0 Å². The molecular formula is C10H11BrO4S. The molecule has 0 radical (unpaired) electrons. The van der Waals surface area contributed by atoms with E-state index in [-0.39, 0.29) is 4.90 Å². The quantitative estimate of drug-likeness (QED) is 0.631. The fourth-order valence-corrected chi connectivity index (χ4v) is 2.86. The van der Waals surface area contributed by atoms with Crippen LogP contribution in [0, 0.1) is 0 Å². The van der Waals surface area contributed by atoms with E-state index in [2.05, 4.69) is 20.7 Å². The van der Waals surface area contributed by atoms with E-state index in [0.717, 1.165) is 6.26 Å². The average molecular weight is 307 g/mol. The molecule has 1 aromatic carbocycles. The Morgan fingerprint density at radius 3 is 2.50 bits per heavy atom. The maximum atomic E-state index is 11.4. The van der Waals surface area contributed by atoms with Crippen LogP contribution < -0.4 is 0 Å². The molecule has 1 rings (SSSR count). The maximum Gasteiger partial charge on any atom is 0.337 e. The standard InChI is InChI=1S/C10H11BrO4S/c1-15-10(12)7-3-4-9(16(2,13)14)8(5-7)6-11/h3-5H,6H2,1-2H3. The highest BCUT2D eigenvalue weighted by Gasteiger charge is 2.15. The summed E-state index contributed by atoms with van der Waals surface area (Å²) < 4.78 is 27.4. The van der Waals surface area contributed by atoms with Gasteiger partial charge in [0.15, 0.2) is 9.84 Å². The zero-order valence-corrected chi connectivity index (χ0v) is 11.3. The molecule has 6 heteroatoms. The normalized spacial score (nSPS) is 11.2. The maximum absolute atomic E-state index is 11.4. The summed E-state index contributed by atoms with van der Waals surface area (Å²) in [5.74, 6) is -0.484. The van der Waals surface area contributed by atoms with Gasteiger partial charge in [0.1, 0.15) is 0 Å². The first-order chi connectivity index (χ1) is 7.40. The van der Waals surface area contributed by atoms with Gasteiger partial charge in [-0.25, -0.2) is 13.2 Å². The van der Waals surface area contributed by atoms with Crippen LogP contribution in [0.15, 0.2) is 23.1 Å². The number of sulfone groups is 1. The van der Waals surface area contributed by atoms with Crippen molar-refractivity contribution in [1.29, 1.82) is 0 Å². The molecule has 0 aliphatic heterocycles. The van der Waals surface area contributed by atoms with Crippen molar-refractivity contribution < 1.29 is 17.9 Å². The van der Waals surface area contributed by atoms with Gasteiger partial charge in [0, 0.05) is 11.6 Å². The molecule has 0 aromatic heterocycles. The summed E-state index contributed by atoms with van der Waals surface area (Å²) in [6.07, 6.45) is 1.13. The van der Waals surface area contributed by atoms with Crippen molar-refractivity contribution in [2.45, 2.75) is 10.2 Å². The Balaban J connectivity index is 3.33. The fourth-order valence-electron chi connectivity index (χ4n) is 1.29. The van der Waals surface area contributed by atoms with Crippen LogP contribution in [0.3, 0.4) is 0 Å². The number of halogens is 1. The van der Waals surface area contributed by atoms with E-state index in [1.54, 1.807) is 0 Å². The SMILES string of the molecule is COC(=O)c1ccc(S(C)(=O)=O)c(CBr)c1. The van der Waals surface area contributed by atoms with Gasteiger partial charge in [-0.15, -0.1) is 0 Å². The second-order valence-corrected chi connectivity index (χ2v) is 5.76. The molecule has 0 spiro atoms. The highest BCUT2D eigenvalue weighted by molar-refractivity contribution is 9.08. The molecule has 16 heavy (non-hydrogen) atoms. The van der Waals surface area contributed by atoms with Crippen molar-refractivity contribution in [1.82, 2.24) is 0 Å². The summed E-state index contributed by atoms with van der Waals surface area (Å²) in [7, 11) is -2.00. The van der Waals surface area contributed by atoms with Gasteiger partial charge >= 0.3 is 5.97 Å². The van der Waals surface area contributed by atoms with Crippen molar-refractivity contribution in [2.24, 2.45) is 0 Å². The highest BCUT2D eigenvalue weighted by atomic mass is 79.9. The van der Waals surface area contributed by atoms with E-state index >= 15 is 0 Å². The molecule has 0 N–H and O–H groups in total. The van der Waals surface area contributed by atoms with Gasteiger partial charge in [-0.2, -0.15) is 0 Å². The molecule has 0 amide bonds. The van der Waals surface area contributed by atoms with E-state index in [1.807, 2.05) is 0 Å². The Hall–Kier alpha value is -0.880. The number of rotatable bonds is 3. The van der Waals surface area contributed by atoms with Crippen LogP contribution in [-0.4, -0.2) is 27.8 Å². The Morgan fingerprint density at radius 2 is 2.06 bits per heavy atom. The van der Waals surface area contributed by atoms with Gasteiger partial charge in [-0.3, -0.25) is 0 Å². The molecule has 88 valence electrons. The van der Waals surface area contributed by atoms with Crippen LogP contribution in [0.25, 0.3) is 0 Å². The Kier molecular flexibility index (Phi) is 4.09. The van der Waals surface area contributed by atoms with Gasteiger partial charge in [0.2, 0.25) is 0 Å². The Labute approximate surface area is 103 Å². The number of benzene rings is 1. The number of hydrogen-bond donors (Lipinski definition) is 0. The van der Waals surface area contributed by atoms with Crippen molar-refractivity contribution in [3.05, 3.63) is 29.3 Å². The van der Waals surface area contributed by atoms with Crippen LogP contribution in [0.1, 0.15) is 15.9 Å². The summed E-state index contributed by atoms with van der Waals surface area (Å²) in [5.41, 5.74) is 0.884. The third-order valence-corrected chi connectivity index (χ3v) is 3.83. The summed E-state index contributed by atoms with van der Waals surface area (Å²) in [5, 5.41) is 0.361. The Morgan fingerprint density at radius 1 is 1.44 bits per heavy atom. The molecule has 1 aromatic rings. The fraction of sp³-hybridized carbons (Fsp3) is 0.300. The largest absolute Gasteiger partial charge is 0.465 e. The second-order valence-electron chi connectivity index (χ2n) is 3.22. The number of esters is 1. The molecule has 0 unspecified atom stereocenters. The second kappa shape index (κ2) is 4.97. The van der Waals surface area contributed by atoms with Crippen LogP contribution in [0.5, 0.6) is 0 Å². The van der Waals surface area contributed by atoms with Crippen molar-refractivity contribution in [3.8, 4) is 0 Å². The molecule has 0 saturated heterocycles. The van der Waals surface area contributed by atoms with Gasteiger partial charge in [-0.1, -0.05) is 15.9 Å². The molecule has 0 aliphatic carbocycles. The predicted octanol–water partition coefficient (Wildman–Crippen LogP) is 1.77. The van der Waals surface area contributed by atoms with Crippen LogP contribution >= 0.6 is 15.9 Å². The lowest BCUT2D eigenvalue weighted by Gasteiger charge is -2.07. The summed E-state index contributed by atoms with van der Waals surface area (Å²) in [6, 6.07) is 4.36. The van der Waals surface area contributed by atoms with E-state index < -0.39 is 15.8 Å². The molecule has 0 saturated carbocycles. The minimum absolute atomic E-state index is 0.219. The van der Waals surface area contributed by atoms with E-state index in [1.165, 1.54) is 25.3 Å². The Bertz CT molecular complexity index is 508. The number of ether oxygens (including phenoxy) is 1. The third-order valence-electron chi connectivity index (χ3n) is 2.03. The first-order valence-electron chi connectivity index (χ1n) is 4.37. The van der Waals surface area contributed by atoms with E-state index in [9.17, 15) is 13.2 Å². The summed E-state index contributed by atoms with van der Waals surface area (Å²) in [6.45, 7) is 0. The summed E-state index contributed by atoms with van der Waals surface area (Å²) >= 11 is 3.19. The highest BCUT2D eigenvalue weighted by Crippen LogP contribution is 2.20. The lowest BCUT2D eigenvalue weighted by atomic mass is 10.1. The lowest BCUT2D eigenvalue weighted by molar-refractivity contribution is 0.0600. The number of carbonyl (C=O) groups is 1. The van der Waals surface area contributed by atoms with Crippen LogP contribution in [0.2, 0.25) is 0 Å². The van der Waals surface area contributed by atoms with Gasteiger partial charge in [0.25, 0.3) is 0 Å². The monoisotopic (exact) mass is 306 g/mol. The average Bonchev–Trinajstić information content (AvgIpc) is 2.25. The van der Waals surface area contributed by atoms with Crippen LogP contribution in [-0.2, 0) is 19.9 Å². The van der Waals surface area contributed by atoms with Crippen molar-refractivity contribution in [3.63, 3.8) is 0 Å². The first-order valence-corrected chi connectivity index (χ1v) is 7.38. The van der Waals surface area contributed by atoms with Gasteiger partial charge < -0.3 is 4.74 Å². The zero-order valence-electron chi connectivity index (χ0n) is 8.86. The number of carbonyl (C=O) groups excluding carboxylic acids is 1. The zero-order chi connectivity index (χ0) is 12.3. The first kappa shape index (κ1) is 13.2. The molecule has 0 atom stereocenters. The number of hydrogen-bond acceptors (Lipinski definition) is 4.